The molecule has 10 heteroatoms. The first-order valence-electron chi connectivity index (χ1n) is 9.74. The number of nitrogens with zero attached hydrogens (tertiary/aromatic N) is 6. The lowest BCUT2D eigenvalue weighted by Gasteiger charge is -2.39. The van der Waals surface area contributed by atoms with Crippen LogP contribution >= 0.6 is 0 Å². The summed E-state index contributed by atoms with van der Waals surface area (Å²) in [4.78, 5) is 23.3. The Morgan fingerprint density at radius 1 is 1.10 bits per heavy atom. The van der Waals surface area contributed by atoms with Gasteiger partial charge in [-0.05, 0) is 31.7 Å². The van der Waals surface area contributed by atoms with Gasteiger partial charge in [-0.15, -0.1) is 0 Å². The first-order valence-corrected chi connectivity index (χ1v) is 9.74. The molecule has 0 N–H and O–H groups in total. The van der Waals surface area contributed by atoms with E-state index in [1.807, 2.05) is 0 Å². The minimum atomic E-state index is -4.47. The van der Waals surface area contributed by atoms with Crippen molar-refractivity contribution in [1.82, 2.24) is 24.6 Å². The number of anilines is 1. The number of piperidine rings is 1. The molecule has 2 aliphatic rings. The molecule has 1 saturated heterocycles. The van der Waals surface area contributed by atoms with Crippen molar-refractivity contribution >= 4 is 5.82 Å². The number of likely N-dealkylation sites (tertiary alicyclic amines) is 1. The molecular weight excluding hydrogens is 385 g/mol. The van der Waals surface area contributed by atoms with E-state index >= 15 is 0 Å². The summed E-state index contributed by atoms with van der Waals surface area (Å²) in [7, 11) is 1.63. The van der Waals surface area contributed by atoms with E-state index in [1.54, 1.807) is 13.1 Å². The largest absolute Gasteiger partial charge is 0.433 e. The Kier molecular flexibility index (Phi) is 5.28. The molecule has 0 radical (unpaired) electrons. The summed E-state index contributed by atoms with van der Waals surface area (Å²) in [6.07, 6.45) is 0.176. The van der Waals surface area contributed by atoms with E-state index in [0.29, 0.717) is 12.4 Å². The van der Waals surface area contributed by atoms with Crippen LogP contribution in [0.5, 0.6) is 0 Å². The Morgan fingerprint density at radius 2 is 1.79 bits per heavy atom. The van der Waals surface area contributed by atoms with E-state index in [9.17, 15) is 18.0 Å². The van der Waals surface area contributed by atoms with Crippen molar-refractivity contribution < 1.29 is 13.2 Å². The number of rotatable bonds is 5. The number of aryl methyl sites for hydroxylation is 1. The molecule has 0 bridgehead atoms. The third kappa shape index (κ3) is 4.58. The Balaban J connectivity index is 1.43. The minimum Gasteiger partial charge on any atom is -0.350 e. The summed E-state index contributed by atoms with van der Waals surface area (Å²) in [5.74, 6) is 0.369. The van der Waals surface area contributed by atoms with Gasteiger partial charge in [0.15, 0.2) is 0 Å². The standard InChI is InChI=1S/C19H23F3N6O/c1-26-18(29)5-2-13(25-26)11-27-8-6-15(7-9-27)28(14-3-4-14)17-10-16(19(20,21)22)23-12-24-17/h2,5,10,12,14-15H,3-4,6-9,11H2,1H3. The van der Waals surface area contributed by atoms with Gasteiger partial charge in [0.05, 0.1) is 5.69 Å². The molecular formula is C19H23F3N6O. The molecule has 2 fully saturated rings. The molecule has 3 heterocycles. The van der Waals surface area contributed by atoms with E-state index in [1.165, 1.54) is 10.7 Å². The van der Waals surface area contributed by atoms with E-state index in [2.05, 4.69) is 24.9 Å². The maximum Gasteiger partial charge on any atom is 0.433 e. The first-order chi connectivity index (χ1) is 13.8. The number of hydrogen-bond donors (Lipinski definition) is 0. The van der Waals surface area contributed by atoms with Crippen LogP contribution in [0.2, 0.25) is 0 Å². The summed E-state index contributed by atoms with van der Waals surface area (Å²) in [5.41, 5.74) is -0.211. The summed E-state index contributed by atoms with van der Waals surface area (Å²) in [6, 6.07) is 4.73. The highest BCUT2D eigenvalue weighted by atomic mass is 19.4. The summed E-state index contributed by atoms with van der Waals surface area (Å²) >= 11 is 0. The minimum absolute atomic E-state index is 0.143. The Labute approximate surface area is 166 Å². The van der Waals surface area contributed by atoms with Crippen LogP contribution in [-0.2, 0) is 19.8 Å². The molecule has 2 aromatic rings. The van der Waals surface area contributed by atoms with E-state index in [4.69, 9.17) is 0 Å². The molecule has 0 atom stereocenters. The van der Waals surface area contributed by atoms with Gasteiger partial charge in [-0.3, -0.25) is 9.69 Å². The second-order valence-electron chi connectivity index (χ2n) is 7.69. The van der Waals surface area contributed by atoms with Crippen molar-refractivity contribution in [2.45, 2.75) is 50.5 Å². The Morgan fingerprint density at radius 3 is 2.41 bits per heavy atom. The number of alkyl halides is 3. The summed E-state index contributed by atoms with van der Waals surface area (Å²) in [6.45, 7) is 2.28. The van der Waals surface area contributed by atoms with Crippen LogP contribution < -0.4 is 10.5 Å². The summed E-state index contributed by atoms with van der Waals surface area (Å²) < 4.78 is 40.5. The van der Waals surface area contributed by atoms with Crippen molar-refractivity contribution in [1.29, 1.82) is 0 Å². The molecule has 1 aliphatic carbocycles. The van der Waals surface area contributed by atoms with Gasteiger partial charge in [-0.2, -0.15) is 18.3 Å². The molecule has 1 saturated carbocycles. The van der Waals surface area contributed by atoms with Crippen LogP contribution in [-0.4, -0.2) is 49.8 Å². The third-order valence-corrected chi connectivity index (χ3v) is 5.50. The lowest BCUT2D eigenvalue weighted by molar-refractivity contribution is -0.141. The van der Waals surface area contributed by atoms with Gasteiger partial charge in [0.25, 0.3) is 5.56 Å². The predicted molar refractivity (Wildman–Crippen MR) is 100 cm³/mol. The molecule has 0 aromatic carbocycles. The van der Waals surface area contributed by atoms with Crippen LogP contribution in [0.15, 0.2) is 29.3 Å². The molecule has 156 valence electrons. The van der Waals surface area contributed by atoms with Crippen LogP contribution in [0.1, 0.15) is 37.1 Å². The fraction of sp³-hybridized carbons (Fsp3) is 0.579. The van der Waals surface area contributed by atoms with Crippen molar-refractivity contribution in [3.8, 4) is 0 Å². The lowest BCUT2D eigenvalue weighted by Crippen LogP contribution is -2.46. The van der Waals surface area contributed by atoms with Crippen molar-refractivity contribution in [2.75, 3.05) is 18.0 Å². The van der Waals surface area contributed by atoms with Crippen molar-refractivity contribution in [3.05, 3.63) is 46.3 Å². The van der Waals surface area contributed by atoms with Gasteiger partial charge in [-0.1, -0.05) is 0 Å². The quantitative estimate of drug-likeness (QED) is 0.756. The van der Waals surface area contributed by atoms with Gasteiger partial charge in [0, 0.05) is 50.9 Å². The lowest BCUT2D eigenvalue weighted by atomic mass is 10.0. The molecule has 0 spiro atoms. The molecule has 1 aliphatic heterocycles. The number of aromatic nitrogens is 4. The average Bonchev–Trinajstić information content (AvgIpc) is 3.51. The predicted octanol–water partition coefficient (Wildman–Crippen LogP) is 2.22. The third-order valence-electron chi connectivity index (χ3n) is 5.50. The SMILES string of the molecule is Cn1nc(CN2CCC(N(c3cc(C(F)(F)F)ncn3)C3CC3)CC2)ccc1=O. The molecule has 2 aromatic heterocycles. The molecule has 4 rings (SSSR count). The number of hydrogen-bond acceptors (Lipinski definition) is 6. The normalized spacial score (nSPS) is 18.8. The zero-order valence-electron chi connectivity index (χ0n) is 16.1. The highest BCUT2D eigenvalue weighted by Crippen LogP contribution is 2.37. The molecule has 0 unspecified atom stereocenters. The van der Waals surface area contributed by atoms with Crippen LogP contribution in [0, 0.1) is 0 Å². The highest BCUT2D eigenvalue weighted by Gasteiger charge is 2.38. The monoisotopic (exact) mass is 408 g/mol. The smallest absolute Gasteiger partial charge is 0.350 e. The van der Waals surface area contributed by atoms with Gasteiger partial charge in [0.1, 0.15) is 17.8 Å². The maximum absolute atomic E-state index is 13.1. The van der Waals surface area contributed by atoms with E-state index < -0.39 is 11.9 Å². The first kappa shape index (κ1) is 19.8. The molecule has 0 amide bonds. The zero-order chi connectivity index (χ0) is 20.6. The average molecular weight is 408 g/mol. The van der Waals surface area contributed by atoms with Gasteiger partial charge >= 0.3 is 6.18 Å². The fourth-order valence-corrected chi connectivity index (χ4v) is 3.89. The highest BCUT2D eigenvalue weighted by molar-refractivity contribution is 5.44. The maximum atomic E-state index is 13.1. The van der Waals surface area contributed by atoms with E-state index in [0.717, 1.165) is 56.9 Å². The van der Waals surface area contributed by atoms with Crippen molar-refractivity contribution in [2.24, 2.45) is 7.05 Å². The van der Waals surface area contributed by atoms with Crippen LogP contribution in [0.4, 0.5) is 19.0 Å². The second kappa shape index (κ2) is 7.74. The second-order valence-corrected chi connectivity index (χ2v) is 7.69. The molecule has 29 heavy (non-hydrogen) atoms. The molecule has 7 nitrogen and oxygen atoms in total. The van der Waals surface area contributed by atoms with Crippen LogP contribution in [0.3, 0.4) is 0 Å². The van der Waals surface area contributed by atoms with Gasteiger partial charge in [-0.25, -0.2) is 14.6 Å². The number of halogens is 3. The topological polar surface area (TPSA) is 67.2 Å². The van der Waals surface area contributed by atoms with Gasteiger partial charge < -0.3 is 4.90 Å². The zero-order valence-corrected chi connectivity index (χ0v) is 16.1. The van der Waals surface area contributed by atoms with Crippen LogP contribution in [0.25, 0.3) is 0 Å². The van der Waals surface area contributed by atoms with E-state index in [-0.39, 0.29) is 17.6 Å². The fourth-order valence-electron chi connectivity index (χ4n) is 3.89. The van der Waals surface area contributed by atoms with Gasteiger partial charge in [0.2, 0.25) is 0 Å². The summed E-state index contributed by atoms with van der Waals surface area (Å²) in [5, 5.41) is 4.27. The Hall–Kier alpha value is -2.49. The van der Waals surface area contributed by atoms with Crippen molar-refractivity contribution in [3.63, 3.8) is 0 Å². The Bertz CT molecular complexity index is 919.